The standard InChI is InChI=1S/C16H25NO4/c1-4-17-12-13-8-6-9-14(20-5-2)16(13)21-11-7-10-15(18)19-3/h6,8-9,17H,4-5,7,10-12H2,1-3H3. The van der Waals surface area contributed by atoms with Gasteiger partial charge in [0.1, 0.15) is 0 Å². The van der Waals surface area contributed by atoms with Gasteiger partial charge in [0.05, 0.1) is 20.3 Å². The molecule has 0 amide bonds. The number of methoxy groups -OCH3 is 1. The molecule has 1 rings (SSSR count). The number of rotatable bonds is 10. The molecule has 0 aromatic heterocycles. The molecule has 1 aromatic carbocycles. The molecule has 5 heteroatoms. The molecular weight excluding hydrogens is 270 g/mol. The van der Waals surface area contributed by atoms with Gasteiger partial charge in [0.15, 0.2) is 11.5 Å². The average Bonchev–Trinajstić information content (AvgIpc) is 2.50. The quantitative estimate of drug-likeness (QED) is 0.531. The lowest BCUT2D eigenvalue weighted by molar-refractivity contribution is -0.140. The normalized spacial score (nSPS) is 10.2. The highest BCUT2D eigenvalue weighted by atomic mass is 16.5. The fraction of sp³-hybridized carbons (Fsp3) is 0.562. The molecule has 0 spiro atoms. The van der Waals surface area contributed by atoms with E-state index >= 15 is 0 Å². The minimum absolute atomic E-state index is 0.218. The zero-order chi connectivity index (χ0) is 15.5. The Morgan fingerprint density at radius 3 is 2.71 bits per heavy atom. The molecule has 118 valence electrons. The molecular formula is C16H25NO4. The first-order valence-corrected chi connectivity index (χ1v) is 7.37. The van der Waals surface area contributed by atoms with Gasteiger partial charge in [-0.15, -0.1) is 0 Å². The lowest BCUT2D eigenvalue weighted by Crippen LogP contribution is -2.14. The van der Waals surface area contributed by atoms with Crippen LogP contribution in [0.1, 0.15) is 32.3 Å². The zero-order valence-electron chi connectivity index (χ0n) is 13.1. The fourth-order valence-corrected chi connectivity index (χ4v) is 1.89. The molecule has 0 fully saturated rings. The van der Waals surface area contributed by atoms with Gasteiger partial charge in [0.25, 0.3) is 0 Å². The van der Waals surface area contributed by atoms with Crippen LogP contribution < -0.4 is 14.8 Å². The van der Waals surface area contributed by atoms with Crippen LogP contribution in [0.15, 0.2) is 18.2 Å². The molecule has 0 bridgehead atoms. The summed E-state index contributed by atoms with van der Waals surface area (Å²) in [5.41, 5.74) is 1.06. The summed E-state index contributed by atoms with van der Waals surface area (Å²) in [4.78, 5) is 11.1. The van der Waals surface area contributed by atoms with Crippen molar-refractivity contribution in [3.05, 3.63) is 23.8 Å². The molecule has 0 unspecified atom stereocenters. The van der Waals surface area contributed by atoms with Crippen LogP contribution in [0.2, 0.25) is 0 Å². The largest absolute Gasteiger partial charge is 0.490 e. The number of hydrogen-bond acceptors (Lipinski definition) is 5. The topological polar surface area (TPSA) is 56.8 Å². The highest BCUT2D eigenvalue weighted by molar-refractivity contribution is 5.69. The molecule has 0 atom stereocenters. The van der Waals surface area contributed by atoms with Gasteiger partial charge in [-0.25, -0.2) is 0 Å². The summed E-state index contributed by atoms with van der Waals surface area (Å²) in [6.45, 7) is 6.66. The van der Waals surface area contributed by atoms with E-state index in [1.807, 2.05) is 25.1 Å². The maximum absolute atomic E-state index is 11.1. The Hall–Kier alpha value is -1.75. The summed E-state index contributed by atoms with van der Waals surface area (Å²) < 4.78 is 16.1. The zero-order valence-corrected chi connectivity index (χ0v) is 13.1. The Balaban J connectivity index is 2.68. The van der Waals surface area contributed by atoms with Crippen molar-refractivity contribution in [3.63, 3.8) is 0 Å². The molecule has 0 aliphatic heterocycles. The number of nitrogens with one attached hydrogen (secondary N) is 1. The highest BCUT2D eigenvalue weighted by Gasteiger charge is 2.11. The molecule has 1 N–H and O–H groups in total. The van der Waals surface area contributed by atoms with Crippen LogP contribution in [0.25, 0.3) is 0 Å². The molecule has 5 nitrogen and oxygen atoms in total. The SMILES string of the molecule is CCNCc1cccc(OCC)c1OCCCC(=O)OC. The van der Waals surface area contributed by atoms with E-state index in [1.54, 1.807) is 0 Å². The third-order valence-corrected chi connectivity index (χ3v) is 2.93. The van der Waals surface area contributed by atoms with Crippen LogP contribution in [0.4, 0.5) is 0 Å². The lowest BCUT2D eigenvalue weighted by Gasteiger charge is -2.16. The van der Waals surface area contributed by atoms with Crippen molar-refractivity contribution in [1.29, 1.82) is 0 Å². The predicted molar refractivity (Wildman–Crippen MR) is 81.7 cm³/mol. The number of benzene rings is 1. The van der Waals surface area contributed by atoms with Crippen LogP contribution in [0.3, 0.4) is 0 Å². The first-order chi connectivity index (χ1) is 10.2. The van der Waals surface area contributed by atoms with E-state index in [1.165, 1.54) is 7.11 Å². The minimum Gasteiger partial charge on any atom is -0.490 e. The van der Waals surface area contributed by atoms with Crippen molar-refractivity contribution < 1.29 is 19.0 Å². The average molecular weight is 295 g/mol. The van der Waals surface area contributed by atoms with Crippen molar-refractivity contribution in [2.24, 2.45) is 0 Å². The number of hydrogen-bond donors (Lipinski definition) is 1. The second-order valence-electron chi connectivity index (χ2n) is 4.49. The van der Waals surface area contributed by atoms with Crippen LogP contribution in [-0.4, -0.2) is 32.8 Å². The number of carbonyl (C=O) groups is 1. The van der Waals surface area contributed by atoms with E-state index in [2.05, 4.69) is 17.0 Å². The van der Waals surface area contributed by atoms with Crippen molar-refractivity contribution >= 4 is 5.97 Å². The molecule has 0 saturated heterocycles. The van der Waals surface area contributed by atoms with Crippen molar-refractivity contribution in [2.45, 2.75) is 33.2 Å². The Kier molecular flexibility index (Phi) is 8.28. The summed E-state index contributed by atoms with van der Waals surface area (Å²) >= 11 is 0. The Morgan fingerprint density at radius 1 is 1.24 bits per heavy atom. The van der Waals surface area contributed by atoms with Gasteiger partial charge in [-0.3, -0.25) is 4.79 Å². The van der Waals surface area contributed by atoms with Gasteiger partial charge in [0, 0.05) is 18.5 Å². The summed E-state index contributed by atoms with van der Waals surface area (Å²) in [5.74, 6) is 1.28. The van der Waals surface area contributed by atoms with Crippen molar-refractivity contribution in [2.75, 3.05) is 26.9 Å². The molecule has 0 aliphatic rings. The molecule has 0 heterocycles. The minimum atomic E-state index is -0.218. The van der Waals surface area contributed by atoms with Crippen LogP contribution in [0.5, 0.6) is 11.5 Å². The van der Waals surface area contributed by atoms with Gasteiger partial charge in [-0.1, -0.05) is 19.1 Å². The van der Waals surface area contributed by atoms with E-state index in [-0.39, 0.29) is 5.97 Å². The third kappa shape index (κ3) is 6.04. The van der Waals surface area contributed by atoms with Gasteiger partial charge >= 0.3 is 5.97 Å². The van der Waals surface area contributed by atoms with E-state index in [0.29, 0.717) is 26.1 Å². The van der Waals surface area contributed by atoms with Crippen molar-refractivity contribution in [1.82, 2.24) is 5.32 Å². The highest BCUT2D eigenvalue weighted by Crippen LogP contribution is 2.31. The number of ether oxygens (including phenoxy) is 3. The maximum atomic E-state index is 11.1. The van der Waals surface area contributed by atoms with Gasteiger partial charge < -0.3 is 19.5 Å². The van der Waals surface area contributed by atoms with Crippen LogP contribution >= 0.6 is 0 Å². The van der Waals surface area contributed by atoms with E-state index < -0.39 is 0 Å². The van der Waals surface area contributed by atoms with Crippen LogP contribution in [-0.2, 0) is 16.1 Å². The second-order valence-corrected chi connectivity index (χ2v) is 4.49. The molecule has 0 radical (unpaired) electrons. The monoisotopic (exact) mass is 295 g/mol. The van der Waals surface area contributed by atoms with Gasteiger partial charge in [0.2, 0.25) is 0 Å². The van der Waals surface area contributed by atoms with E-state index in [9.17, 15) is 4.79 Å². The Morgan fingerprint density at radius 2 is 2.05 bits per heavy atom. The molecule has 0 aliphatic carbocycles. The lowest BCUT2D eigenvalue weighted by atomic mass is 10.2. The molecule has 21 heavy (non-hydrogen) atoms. The Labute approximate surface area is 126 Å². The number of para-hydroxylation sites is 1. The second kappa shape index (κ2) is 10.0. The fourth-order valence-electron chi connectivity index (χ4n) is 1.89. The Bertz CT molecular complexity index is 434. The summed E-state index contributed by atoms with van der Waals surface area (Å²) in [6.07, 6.45) is 0.976. The van der Waals surface area contributed by atoms with Crippen LogP contribution in [0, 0.1) is 0 Å². The number of carbonyl (C=O) groups excluding carboxylic acids is 1. The first-order valence-electron chi connectivity index (χ1n) is 7.37. The number of esters is 1. The summed E-state index contributed by atoms with van der Waals surface area (Å²) in [7, 11) is 1.39. The van der Waals surface area contributed by atoms with E-state index in [4.69, 9.17) is 9.47 Å². The van der Waals surface area contributed by atoms with Crippen molar-refractivity contribution in [3.8, 4) is 11.5 Å². The van der Waals surface area contributed by atoms with E-state index in [0.717, 1.165) is 30.2 Å². The molecule has 1 aromatic rings. The summed E-state index contributed by atoms with van der Waals surface area (Å²) in [6, 6.07) is 5.87. The smallest absolute Gasteiger partial charge is 0.305 e. The van der Waals surface area contributed by atoms with Gasteiger partial charge in [-0.2, -0.15) is 0 Å². The van der Waals surface area contributed by atoms with Gasteiger partial charge in [-0.05, 0) is 26.0 Å². The maximum Gasteiger partial charge on any atom is 0.305 e. The first kappa shape index (κ1) is 17.3. The summed E-state index contributed by atoms with van der Waals surface area (Å²) in [5, 5.41) is 3.28. The third-order valence-electron chi connectivity index (χ3n) is 2.93. The molecule has 0 saturated carbocycles. The predicted octanol–water partition coefficient (Wildman–Crippen LogP) is 2.53.